The van der Waals surface area contributed by atoms with Crippen LogP contribution in [0.3, 0.4) is 0 Å². The van der Waals surface area contributed by atoms with E-state index in [1.807, 2.05) is 40.2 Å². The Labute approximate surface area is 173 Å². The molecule has 0 aromatic carbocycles. The second kappa shape index (κ2) is 18.3. The average molecular weight is 488 g/mol. The molecule has 2 aromatic heterocycles. The van der Waals surface area contributed by atoms with Gasteiger partial charge in [-0.1, -0.05) is 40.9 Å². The van der Waals surface area contributed by atoms with E-state index in [9.17, 15) is 0 Å². The predicted octanol–water partition coefficient (Wildman–Crippen LogP) is 5.54. The van der Waals surface area contributed by atoms with Crippen LogP contribution in [-0.2, 0) is 0 Å². The van der Waals surface area contributed by atoms with E-state index in [0.717, 1.165) is 23.2 Å². The smallest absolute Gasteiger partial charge is 0.146 e. The lowest BCUT2D eigenvalue weighted by Crippen LogP contribution is -1.96. The number of halogens is 1. The van der Waals surface area contributed by atoms with Crippen LogP contribution >= 0.6 is 28.3 Å². The first kappa shape index (κ1) is 26.7. The molecule has 1 atom stereocenters. The summed E-state index contributed by atoms with van der Waals surface area (Å²) in [6.07, 6.45) is 7.91. The summed E-state index contributed by atoms with van der Waals surface area (Å²) in [7, 11) is 5.57. The number of anilines is 1. The third-order valence-electron chi connectivity index (χ3n) is 2.43. The maximum absolute atomic E-state index is 5.70. The van der Waals surface area contributed by atoms with Crippen molar-refractivity contribution in [3.05, 3.63) is 61.6 Å². The lowest BCUT2D eigenvalue weighted by molar-refractivity contribution is 0.477. The zero-order valence-corrected chi connectivity index (χ0v) is 19.4. The third-order valence-corrected chi connectivity index (χ3v) is 2.43. The average Bonchev–Trinajstić information content (AvgIpc) is 2.64. The van der Waals surface area contributed by atoms with Gasteiger partial charge in [-0.3, -0.25) is 4.98 Å². The summed E-state index contributed by atoms with van der Waals surface area (Å²) in [4.78, 5) is 8.34. The van der Waals surface area contributed by atoms with Gasteiger partial charge in [0.05, 0.1) is 12.4 Å². The van der Waals surface area contributed by atoms with Gasteiger partial charge in [0.1, 0.15) is 17.3 Å². The lowest BCUT2D eigenvalue weighted by atomic mass is 10.2. The Morgan fingerprint density at radius 2 is 1.65 bits per heavy atom. The number of nitrogens with zero attached hydrogens (tertiary/aromatic N) is 2. The van der Waals surface area contributed by atoms with Gasteiger partial charge in [-0.15, -0.1) is 13.2 Å². The second-order valence-electron chi connectivity index (χ2n) is 4.55. The monoisotopic (exact) mass is 488 g/mol. The number of nitrogens with one attached hydrogen (secondary N) is 2. The van der Waals surface area contributed by atoms with Crippen molar-refractivity contribution in [1.29, 1.82) is 0 Å². The molecule has 144 valence electrons. The fourth-order valence-electron chi connectivity index (χ4n) is 1.60. The normalized spacial score (nSPS) is 8.85. The van der Waals surface area contributed by atoms with Crippen LogP contribution in [0.2, 0.25) is 0 Å². The van der Waals surface area contributed by atoms with E-state index >= 15 is 0 Å². The molecular formula is C19H30IN4OP. The minimum Gasteiger partial charge on any atom is -0.454 e. The molecule has 0 amide bonds. The molecule has 0 aliphatic carbocycles. The van der Waals surface area contributed by atoms with Gasteiger partial charge in [0.25, 0.3) is 0 Å². The molecule has 7 heteroatoms. The predicted molar refractivity (Wildman–Crippen MR) is 127 cm³/mol. The first-order chi connectivity index (χ1) is 12.6. The highest BCUT2D eigenvalue weighted by Crippen LogP contribution is 2.24. The molecule has 2 heterocycles. The van der Waals surface area contributed by atoms with Gasteiger partial charge in [0.15, 0.2) is 0 Å². The molecule has 2 aromatic rings. The van der Waals surface area contributed by atoms with Crippen LogP contribution in [0.1, 0.15) is 11.1 Å². The van der Waals surface area contributed by atoms with Crippen LogP contribution in [0.4, 0.5) is 5.82 Å². The van der Waals surface area contributed by atoms with Crippen LogP contribution in [0.25, 0.3) is 6.08 Å². The molecular weight excluding hydrogens is 458 g/mol. The molecule has 0 aliphatic rings. The van der Waals surface area contributed by atoms with Crippen molar-refractivity contribution in [2.24, 2.45) is 0 Å². The Bertz CT molecular complexity index is 624. The first-order valence-electron chi connectivity index (χ1n) is 7.81. The quantitative estimate of drug-likeness (QED) is 0.336. The number of aromatic nitrogens is 2. The summed E-state index contributed by atoms with van der Waals surface area (Å²) in [5.41, 5.74) is 1.95. The fraction of sp³-hybridized carbons (Fsp3) is 0.263. The molecule has 0 bridgehead atoms. The summed E-state index contributed by atoms with van der Waals surface area (Å²) >= 11 is 2.32. The van der Waals surface area contributed by atoms with Gasteiger partial charge in [0, 0.05) is 18.8 Å². The standard InChI is InChI=1S/C14H15N3O.C2H7N.C2H4.CH4IP/c1-4-11-6-13(9-17-14(11)15-3)18-12-5-10(2)7-16-8-12;1-3-2;1-2;1-3-2/h4-9H,1H2,2-3H3,(H,15,17);3H,1-2H3;1-2H2;3H,1H3. The molecule has 1 unspecified atom stereocenters. The summed E-state index contributed by atoms with van der Waals surface area (Å²) < 4.78 is 5.70. The number of pyridine rings is 2. The minimum absolute atomic E-state index is 0.663. The number of rotatable bonds is 4. The molecule has 0 aliphatic heterocycles. The zero-order chi connectivity index (χ0) is 20.4. The minimum atomic E-state index is 0.663. The highest BCUT2D eigenvalue weighted by atomic mass is 127. The lowest BCUT2D eigenvalue weighted by Gasteiger charge is -2.09. The number of aryl methyl sites for hydroxylation is 1. The Hall–Kier alpha value is -1.50. The molecule has 2 rings (SSSR count). The summed E-state index contributed by atoms with van der Waals surface area (Å²) in [6.45, 7) is 13.9. The van der Waals surface area contributed by atoms with Crippen LogP contribution < -0.4 is 15.4 Å². The second-order valence-corrected chi connectivity index (χ2v) is 8.17. The van der Waals surface area contributed by atoms with Gasteiger partial charge in [-0.05, 0) is 45.4 Å². The first-order valence-corrected chi connectivity index (χ1v) is 12.4. The van der Waals surface area contributed by atoms with Crippen molar-refractivity contribution >= 4 is 40.2 Å². The molecule has 2 N–H and O–H groups in total. The fourth-order valence-corrected chi connectivity index (χ4v) is 1.60. The van der Waals surface area contributed by atoms with E-state index in [0.29, 0.717) is 11.5 Å². The number of hydrogen-bond acceptors (Lipinski definition) is 5. The maximum atomic E-state index is 5.70. The molecule has 0 saturated heterocycles. The van der Waals surface area contributed by atoms with Crippen molar-refractivity contribution < 1.29 is 4.74 Å². The number of hydrogen-bond donors (Lipinski definition) is 2. The van der Waals surface area contributed by atoms with E-state index < -0.39 is 0 Å². The topological polar surface area (TPSA) is 59.1 Å². The van der Waals surface area contributed by atoms with Crippen LogP contribution in [0.5, 0.6) is 11.5 Å². The van der Waals surface area contributed by atoms with Crippen molar-refractivity contribution in [2.75, 3.05) is 33.1 Å². The van der Waals surface area contributed by atoms with E-state index in [1.54, 1.807) is 24.7 Å². The third kappa shape index (κ3) is 12.0. The van der Waals surface area contributed by atoms with Crippen molar-refractivity contribution in [3.8, 4) is 11.5 Å². The van der Waals surface area contributed by atoms with Crippen molar-refractivity contribution in [3.63, 3.8) is 0 Å². The van der Waals surface area contributed by atoms with Gasteiger partial charge in [0.2, 0.25) is 0 Å². The van der Waals surface area contributed by atoms with Gasteiger partial charge >= 0.3 is 0 Å². The van der Waals surface area contributed by atoms with E-state index in [-0.39, 0.29) is 0 Å². The highest BCUT2D eigenvalue weighted by molar-refractivity contribution is 14.2. The molecule has 0 fully saturated rings. The Morgan fingerprint density at radius 3 is 2.12 bits per heavy atom. The zero-order valence-electron chi connectivity index (χ0n) is 16.3. The summed E-state index contributed by atoms with van der Waals surface area (Å²) in [6, 6.07) is 3.81. The van der Waals surface area contributed by atoms with Crippen molar-refractivity contribution in [2.45, 2.75) is 6.92 Å². The molecule has 0 spiro atoms. The van der Waals surface area contributed by atoms with Crippen molar-refractivity contribution in [1.82, 2.24) is 15.3 Å². The number of ether oxygens (including phenoxy) is 1. The highest BCUT2D eigenvalue weighted by Gasteiger charge is 2.03. The summed E-state index contributed by atoms with van der Waals surface area (Å²) in [5, 5.41) is 5.75. The molecule has 5 nitrogen and oxygen atoms in total. The van der Waals surface area contributed by atoms with Crippen LogP contribution in [-0.4, -0.2) is 37.8 Å². The van der Waals surface area contributed by atoms with Gasteiger partial charge in [-0.25, -0.2) is 4.98 Å². The molecule has 26 heavy (non-hydrogen) atoms. The SMILES string of the molecule is C=C.C=Cc1cc(Oc2cncc(C)c2)cnc1NC.CNC.CPI. The summed E-state index contributed by atoms with van der Waals surface area (Å²) in [5.74, 6) is 2.14. The molecule has 0 radical (unpaired) electrons. The Morgan fingerprint density at radius 1 is 1.12 bits per heavy atom. The van der Waals surface area contributed by atoms with E-state index in [4.69, 9.17) is 4.74 Å². The Kier molecular flexibility index (Phi) is 18.8. The van der Waals surface area contributed by atoms with E-state index in [1.165, 1.54) is 0 Å². The maximum Gasteiger partial charge on any atom is 0.146 e. The van der Waals surface area contributed by atoms with Crippen LogP contribution in [0, 0.1) is 6.92 Å². The Balaban J connectivity index is 0. The largest absolute Gasteiger partial charge is 0.454 e. The van der Waals surface area contributed by atoms with Gasteiger partial charge < -0.3 is 15.4 Å². The van der Waals surface area contributed by atoms with Crippen LogP contribution in [0.15, 0.2) is 50.5 Å². The van der Waals surface area contributed by atoms with Gasteiger partial charge in [-0.2, -0.15) is 0 Å². The van der Waals surface area contributed by atoms with E-state index in [2.05, 4.69) is 69.0 Å². The molecule has 0 saturated carbocycles.